The number of nitrogens with one attached hydrogen (secondary N) is 1. The van der Waals surface area contributed by atoms with Crippen molar-refractivity contribution in [1.29, 1.82) is 0 Å². The average molecular weight is 752 g/mol. The summed E-state index contributed by atoms with van der Waals surface area (Å²) in [5.74, 6) is 3.79. The standard InChI is InChI=1S/C34H34ClF4N5O4S2/c1-33(2,49(45,46)23-5-6-23)11-10-22-4-7-24(30(41-22)27(40)16-19-14-20(36)17-21(37)15-19)25-8-9-26(35)29-31(25)44(18-28(38)39)42-32(29)43-50(47,48)34(3)12-13-34/h4,7-9,14-15,17,23,27-28H,5-6,12-13,16,18,40H2,1-3H3,(H,42,43)/t27-/m0/s1. The first kappa shape index (κ1) is 36.1. The molecule has 2 aliphatic carbocycles. The molecule has 50 heavy (non-hydrogen) atoms. The van der Waals surface area contributed by atoms with Gasteiger partial charge in [-0.1, -0.05) is 23.6 Å². The van der Waals surface area contributed by atoms with E-state index in [1.807, 2.05) is 0 Å². The molecule has 0 amide bonds. The number of pyridine rings is 1. The molecule has 4 aromatic rings. The summed E-state index contributed by atoms with van der Waals surface area (Å²) in [6.07, 6.45) is -1.02. The van der Waals surface area contributed by atoms with Crippen LogP contribution in [0.3, 0.4) is 0 Å². The predicted octanol–water partition coefficient (Wildman–Crippen LogP) is 6.54. The molecule has 6 rings (SSSR count). The molecular formula is C34H34ClF4N5O4S2. The van der Waals surface area contributed by atoms with Crippen LogP contribution in [0.1, 0.15) is 69.4 Å². The number of halogens is 5. The van der Waals surface area contributed by atoms with Gasteiger partial charge in [0.15, 0.2) is 15.7 Å². The Kier molecular flexibility index (Phi) is 9.24. The number of nitrogens with two attached hydrogens (primary N) is 1. The summed E-state index contributed by atoms with van der Waals surface area (Å²) in [5, 5.41) is 3.88. The van der Waals surface area contributed by atoms with Crippen LogP contribution in [0.15, 0.2) is 42.5 Å². The number of benzene rings is 2. The van der Waals surface area contributed by atoms with Crippen molar-refractivity contribution >= 4 is 48.2 Å². The van der Waals surface area contributed by atoms with Crippen molar-refractivity contribution in [3.8, 4) is 23.0 Å². The fraction of sp³-hybridized carbons (Fsp3) is 0.412. The van der Waals surface area contributed by atoms with E-state index in [0.717, 1.165) is 22.9 Å². The highest BCUT2D eigenvalue weighted by Gasteiger charge is 2.50. The summed E-state index contributed by atoms with van der Waals surface area (Å²) in [6.45, 7) is 3.68. The molecule has 2 aliphatic rings. The van der Waals surface area contributed by atoms with E-state index in [2.05, 4.69) is 26.6 Å². The van der Waals surface area contributed by atoms with E-state index in [9.17, 15) is 34.4 Å². The summed E-state index contributed by atoms with van der Waals surface area (Å²) in [4.78, 5) is 4.66. The Hall–Kier alpha value is -3.71. The van der Waals surface area contributed by atoms with Gasteiger partial charge in [-0.15, -0.1) is 0 Å². The molecule has 0 spiro atoms. The van der Waals surface area contributed by atoms with Gasteiger partial charge in [-0.2, -0.15) is 5.10 Å². The maximum Gasteiger partial charge on any atom is 0.257 e. The SMILES string of the molecule is CC1(S(=O)(=O)Nc2nn(CC(F)F)c3c(-c4ccc(C#CC(C)(C)S(=O)(=O)C5CC5)nc4[C@@H](N)Cc4cc(F)cc(F)c4)ccc(Cl)c23)CC1. The van der Waals surface area contributed by atoms with Crippen molar-refractivity contribution in [2.75, 3.05) is 4.72 Å². The summed E-state index contributed by atoms with van der Waals surface area (Å²) < 4.78 is 109. The predicted molar refractivity (Wildman–Crippen MR) is 184 cm³/mol. The summed E-state index contributed by atoms with van der Waals surface area (Å²) in [5.41, 5.74) is 7.78. The lowest BCUT2D eigenvalue weighted by Crippen LogP contribution is -2.33. The van der Waals surface area contributed by atoms with E-state index in [4.69, 9.17) is 17.3 Å². The molecule has 2 aromatic carbocycles. The third kappa shape index (κ3) is 6.95. The molecule has 0 aliphatic heterocycles. The number of hydrogen-bond acceptors (Lipinski definition) is 7. The van der Waals surface area contributed by atoms with Crippen molar-refractivity contribution < 1.29 is 34.4 Å². The van der Waals surface area contributed by atoms with E-state index in [1.54, 1.807) is 13.0 Å². The highest BCUT2D eigenvalue weighted by molar-refractivity contribution is 7.94. The van der Waals surface area contributed by atoms with E-state index < -0.39 is 65.3 Å². The van der Waals surface area contributed by atoms with Gasteiger partial charge < -0.3 is 5.73 Å². The zero-order valence-corrected chi connectivity index (χ0v) is 29.7. The minimum Gasteiger partial charge on any atom is -0.322 e. The molecule has 0 radical (unpaired) electrons. The largest absolute Gasteiger partial charge is 0.322 e. The number of sulfonamides is 1. The highest BCUT2D eigenvalue weighted by Crippen LogP contribution is 2.45. The fourth-order valence-electron chi connectivity index (χ4n) is 5.74. The minimum absolute atomic E-state index is 0.0403. The van der Waals surface area contributed by atoms with Crippen molar-refractivity contribution in [1.82, 2.24) is 14.8 Å². The first-order valence-corrected chi connectivity index (χ1v) is 19.2. The second-order valence-electron chi connectivity index (χ2n) is 13.5. The van der Waals surface area contributed by atoms with Crippen LogP contribution in [-0.4, -0.2) is 52.8 Å². The Balaban J connectivity index is 1.52. The number of aromatic nitrogens is 3. The van der Waals surface area contributed by atoms with E-state index in [0.29, 0.717) is 31.2 Å². The van der Waals surface area contributed by atoms with Crippen LogP contribution in [0.2, 0.25) is 5.02 Å². The van der Waals surface area contributed by atoms with Crippen LogP contribution in [0.4, 0.5) is 23.4 Å². The number of hydrogen-bond donors (Lipinski definition) is 2. The zero-order valence-electron chi connectivity index (χ0n) is 27.3. The molecule has 0 unspecified atom stereocenters. The second kappa shape index (κ2) is 12.8. The molecule has 1 atom stereocenters. The molecular weight excluding hydrogens is 718 g/mol. The Morgan fingerprint density at radius 1 is 1.06 bits per heavy atom. The van der Waals surface area contributed by atoms with Gasteiger partial charge in [0, 0.05) is 17.2 Å². The van der Waals surface area contributed by atoms with Crippen LogP contribution >= 0.6 is 11.6 Å². The van der Waals surface area contributed by atoms with Gasteiger partial charge in [0.1, 0.15) is 28.6 Å². The third-order valence-corrected chi connectivity index (χ3v) is 14.5. The molecule has 2 aromatic heterocycles. The highest BCUT2D eigenvalue weighted by atomic mass is 35.5. The van der Waals surface area contributed by atoms with Gasteiger partial charge in [0.25, 0.3) is 6.43 Å². The monoisotopic (exact) mass is 751 g/mol. The Morgan fingerprint density at radius 2 is 1.70 bits per heavy atom. The number of rotatable bonds is 11. The number of sulfone groups is 1. The van der Waals surface area contributed by atoms with Crippen molar-refractivity contribution in [3.05, 3.63) is 76.1 Å². The average Bonchev–Trinajstić information content (AvgIpc) is 3.95. The van der Waals surface area contributed by atoms with Gasteiger partial charge in [0.2, 0.25) is 10.0 Å². The molecule has 2 saturated carbocycles. The number of anilines is 1. The molecule has 16 heteroatoms. The smallest absolute Gasteiger partial charge is 0.257 e. The summed E-state index contributed by atoms with van der Waals surface area (Å²) >= 11 is 6.59. The number of alkyl halides is 2. The van der Waals surface area contributed by atoms with Crippen LogP contribution in [-0.2, 0) is 32.8 Å². The molecule has 9 nitrogen and oxygen atoms in total. The molecule has 2 fully saturated rings. The lowest BCUT2D eigenvalue weighted by molar-refractivity contribution is 0.123. The van der Waals surface area contributed by atoms with Crippen LogP contribution in [0, 0.1) is 23.5 Å². The Bertz CT molecular complexity index is 2270. The van der Waals surface area contributed by atoms with Gasteiger partial charge in [-0.05, 0) is 94.7 Å². The number of nitrogens with zero attached hydrogens (tertiary/aromatic N) is 3. The second-order valence-corrected chi connectivity index (χ2v) is 18.9. The van der Waals surface area contributed by atoms with Gasteiger partial charge in [-0.25, -0.2) is 39.4 Å². The van der Waals surface area contributed by atoms with Gasteiger partial charge in [0.05, 0.1) is 37.7 Å². The normalized spacial score (nSPS) is 16.7. The molecule has 266 valence electrons. The molecule has 0 bridgehead atoms. The first-order valence-electron chi connectivity index (χ1n) is 15.8. The van der Waals surface area contributed by atoms with E-state index in [1.165, 1.54) is 32.0 Å². The van der Waals surface area contributed by atoms with Gasteiger partial charge in [-0.3, -0.25) is 9.40 Å². The van der Waals surface area contributed by atoms with E-state index in [-0.39, 0.29) is 50.7 Å². The van der Waals surface area contributed by atoms with Gasteiger partial charge >= 0.3 is 0 Å². The Labute approximate surface area is 292 Å². The minimum atomic E-state index is -3.96. The maximum atomic E-state index is 14.1. The van der Waals surface area contributed by atoms with Crippen LogP contribution < -0.4 is 10.5 Å². The van der Waals surface area contributed by atoms with Crippen LogP contribution in [0.25, 0.3) is 22.0 Å². The van der Waals surface area contributed by atoms with Crippen molar-refractivity contribution in [2.24, 2.45) is 5.73 Å². The quantitative estimate of drug-likeness (QED) is 0.131. The first-order chi connectivity index (χ1) is 23.3. The molecule has 3 N–H and O–H groups in total. The maximum absolute atomic E-state index is 14.1. The Morgan fingerprint density at radius 3 is 2.30 bits per heavy atom. The molecule has 2 heterocycles. The van der Waals surface area contributed by atoms with Crippen molar-refractivity contribution in [3.63, 3.8) is 0 Å². The lowest BCUT2D eigenvalue weighted by atomic mass is 9.94. The molecule has 0 saturated heterocycles. The fourth-order valence-corrected chi connectivity index (χ4v) is 9.05. The number of fused-ring (bicyclic) bond motifs is 1. The summed E-state index contributed by atoms with van der Waals surface area (Å²) in [7, 11) is -7.51. The lowest BCUT2D eigenvalue weighted by Gasteiger charge is -2.19. The third-order valence-electron chi connectivity index (χ3n) is 9.10. The topological polar surface area (TPSA) is 137 Å². The van der Waals surface area contributed by atoms with E-state index >= 15 is 0 Å². The summed E-state index contributed by atoms with van der Waals surface area (Å²) in [6, 6.07) is 7.98. The zero-order chi connectivity index (χ0) is 36.4. The van der Waals surface area contributed by atoms with Crippen LogP contribution in [0.5, 0.6) is 0 Å². The van der Waals surface area contributed by atoms with Crippen molar-refractivity contribution in [2.45, 2.75) is 86.6 Å².